The summed E-state index contributed by atoms with van der Waals surface area (Å²) < 4.78 is 0. The van der Waals surface area contributed by atoms with E-state index in [1.54, 1.807) is 6.92 Å². The van der Waals surface area contributed by atoms with Gasteiger partial charge in [0, 0.05) is 36.3 Å². The zero-order valence-electron chi connectivity index (χ0n) is 18.8. The fourth-order valence-electron chi connectivity index (χ4n) is 4.89. The molecule has 2 atom stereocenters. The number of nitrogens with zero attached hydrogens (tertiary/aromatic N) is 2. The minimum Gasteiger partial charge on any atom is -0.384 e. The Hall–Kier alpha value is -3.12. The van der Waals surface area contributed by atoms with Crippen LogP contribution in [0.15, 0.2) is 41.2 Å². The normalized spacial score (nSPS) is 17.8. The summed E-state index contributed by atoms with van der Waals surface area (Å²) in [4.78, 5) is 34.6. The molecule has 1 aromatic heterocycles. The third kappa shape index (κ3) is 4.04. The van der Waals surface area contributed by atoms with Gasteiger partial charge >= 0.3 is 0 Å². The summed E-state index contributed by atoms with van der Waals surface area (Å²) in [5.74, 6) is 1.51. The number of benzene rings is 2. The second-order valence-electron chi connectivity index (χ2n) is 9.01. The Bertz CT molecular complexity index is 1330. The summed E-state index contributed by atoms with van der Waals surface area (Å²) in [6.07, 6.45) is 5.86. The molecule has 33 heavy (non-hydrogen) atoms. The molecule has 2 heterocycles. The number of alkyl halides is 1. The second kappa shape index (κ2) is 8.67. The predicted molar refractivity (Wildman–Crippen MR) is 133 cm³/mol. The van der Waals surface area contributed by atoms with Crippen molar-refractivity contribution in [3.05, 3.63) is 74.8 Å². The minimum absolute atomic E-state index is 0.0763. The smallest absolute Gasteiger partial charge is 0.259 e. The van der Waals surface area contributed by atoms with E-state index in [1.807, 2.05) is 36.1 Å². The van der Waals surface area contributed by atoms with Crippen LogP contribution in [0.4, 0.5) is 5.69 Å². The van der Waals surface area contributed by atoms with Crippen molar-refractivity contribution < 1.29 is 4.79 Å². The molecule has 2 aromatic carbocycles. The number of H-pyrrole nitrogens is 1. The average Bonchev–Trinajstić information content (AvgIpc) is 3.13. The van der Waals surface area contributed by atoms with Gasteiger partial charge in [0.2, 0.25) is 0 Å². The van der Waals surface area contributed by atoms with Crippen LogP contribution in [0, 0.1) is 12.8 Å². The van der Waals surface area contributed by atoms with Crippen molar-refractivity contribution in [2.75, 3.05) is 17.7 Å². The highest BCUT2D eigenvalue weighted by atomic mass is 35.5. The highest BCUT2D eigenvalue weighted by molar-refractivity contribution is 6.17. The van der Waals surface area contributed by atoms with Crippen molar-refractivity contribution in [3.63, 3.8) is 0 Å². The zero-order valence-corrected chi connectivity index (χ0v) is 19.6. The van der Waals surface area contributed by atoms with Gasteiger partial charge in [-0.1, -0.05) is 18.2 Å². The molecule has 0 bridgehead atoms. The first-order valence-electron chi connectivity index (χ1n) is 11.4. The van der Waals surface area contributed by atoms with Crippen LogP contribution in [0.5, 0.6) is 0 Å². The molecule has 2 unspecified atom stereocenters. The molecule has 7 heteroatoms. The number of carbonyl (C=O) groups excluding carboxylic acids is 1. The SMILES string of the molecule is Cc1nc2ccc3c(c2c(=O)[nH]1)CC(CNc1ccc2c(c1)CN(C(C)CCCl)C2=O)C=C3. The Kier molecular flexibility index (Phi) is 5.71. The Labute approximate surface area is 197 Å². The van der Waals surface area contributed by atoms with Gasteiger partial charge in [-0.15, -0.1) is 11.6 Å². The maximum absolute atomic E-state index is 12.7. The lowest BCUT2D eigenvalue weighted by atomic mass is 9.87. The van der Waals surface area contributed by atoms with Crippen molar-refractivity contribution in [1.29, 1.82) is 0 Å². The summed E-state index contributed by atoms with van der Waals surface area (Å²) in [7, 11) is 0. The molecule has 0 saturated carbocycles. The van der Waals surface area contributed by atoms with Crippen molar-refractivity contribution in [1.82, 2.24) is 14.9 Å². The van der Waals surface area contributed by atoms with E-state index >= 15 is 0 Å². The molecule has 1 aliphatic carbocycles. The number of nitrogens with one attached hydrogen (secondary N) is 2. The lowest BCUT2D eigenvalue weighted by Crippen LogP contribution is -2.33. The van der Waals surface area contributed by atoms with Crippen LogP contribution in [-0.2, 0) is 13.0 Å². The fraction of sp³-hybridized carbons (Fsp3) is 0.346. The van der Waals surface area contributed by atoms with Crippen molar-refractivity contribution in [2.45, 2.75) is 39.3 Å². The lowest BCUT2D eigenvalue weighted by Gasteiger charge is -2.23. The number of anilines is 1. The van der Waals surface area contributed by atoms with E-state index in [-0.39, 0.29) is 23.4 Å². The number of amides is 1. The van der Waals surface area contributed by atoms with Crippen LogP contribution in [-0.4, -0.2) is 39.2 Å². The van der Waals surface area contributed by atoms with Gasteiger partial charge in [-0.2, -0.15) is 0 Å². The number of hydrogen-bond acceptors (Lipinski definition) is 4. The summed E-state index contributed by atoms with van der Waals surface area (Å²) in [5, 5.41) is 4.22. The molecule has 5 rings (SSSR count). The summed E-state index contributed by atoms with van der Waals surface area (Å²) in [6.45, 7) is 5.21. The molecule has 1 aliphatic heterocycles. The highest BCUT2D eigenvalue weighted by Gasteiger charge is 2.30. The number of rotatable bonds is 6. The topological polar surface area (TPSA) is 78.1 Å². The predicted octanol–water partition coefficient (Wildman–Crippen LogP) is 4.50. The standard InChI is InChI=1S/C26H27ClN4O2/c1-15(9-10-27)31-14-19-12-20(6-7-21(19)26(31)33)28-13-17-3-4-18-5-8-23-24(22(18)11-17)25(32)30-16(2)29-23/h3-8,12,15,17,28H,9-11,13-14H2,1-2H3,(H,29,30,32). The van der Waals surface area contributed by atoms with E-state index in [1.165, 1.54) is 0 Å². The molecule has 0 radical (unpaired) electrons. The average molecular weight is 463 g/mol. The van der Waals surface area contributed by atoms with E-state index in [4.69, 9.17) is 11.6 Å². The first-order valence-corrected chi connectivity index (χ1v) is 11.9. The van der Waals surface area contributed by atoms with Crippen LogP contribution in [0.3, 0.4) is 0 Å². The Balaban J connectivity index is 1.31. The molecule has 170 valence electrons. The molecule has 3 aromatic rings. The molecule has 0 fully saturated rings. The Morgan fingerprint density at radius 2 is 2.12 bits per heavy atom. The van der Waals surface area contributed by atoms with Gasteiger partial charge in [-0.3, -0.25) is 9.59 Å². The van der Waals surface area contributed by atoms with Crippen molar-refractivity contribution in [3.8, 4) is 0 Å². The van der Waals surface area contributed by atoms with E-state index in [2.05, 4.69) is 33.5 Å². The van der Waals surface area contributed by atoms with Gasteiger partial charge in [-0.05, 0) is 73.6 Å². The van der Waals surface area contributed by atoms with Crippen LogP contribution in [0.2, 0.25) is 0 Å². The molecule has 2 N–H and O–H groups in total. The van der Waals surface area contributed by atoms with E-state index in [0.717, 1.165) is 52.8 Å². The lowest BCUT2D eigenvalue weighted by molar-refractivity contribution is 0.0714. The van der Waals surface area contributed by atoms with Gasteiger partial charge in [0.05, 0.1) is 10.9 Å². The third-order valence-corrected chi connectivity index (χ3v) is 6.93. The summed E-state index contributed by atoms with van der Waals surface area (Å²) >= 11 is 5.88. The zero-order chi connectivity index (χ0) is 23.1. The van der Waals surface area contributed by atoms with Crippen molar-refractivity contribution >= 4 is 40.2 Å². The monoisotopic (exact) mass is 462 g/mol. The first kappa shape index (κ1) is 21.7. The fourth-order valence-corrected chi connectivity index (χ4v) is 5.21. The van der Waals surface area contributed by atoms with Gasteiger partial charge < -0.3 is 15.2 Å². The van der Waals surface area contributed by atoms with E-state index in [0.29, 0.717) is 23.6 Å². The van der Waals surface area contributed by atoms with Gasteiger partial charge in [0.25, 0.3) is 11.5 Å². The molecule has 0 spiro atoms. The highest BCUT2D eigenvalue weighted by Crippen LogP contribution is 2.30. The van der Waals surface area contributed by atoms with Gasteiger partial charge in [0.1, 0.15) is 5.82 Å². The largest absolute Gasteiger partial charge is 0.384 e. The van der Waals surface area contributed by atoms with E-state index < -0.39 is 0 Å². The third-order valence-electron chi connectivity index (χ3n) is 6.72. The quantitative estimate of drug-likeness (QED) is 0.528. The van der Waals surface area contributed by atoms with Gasteiger partial charge in [-0.25, -0.2) is 4.98 Å². The van der Waals surface area contributed by atoms with Crippen LogP contribution in [0.1, 0.15) is 46.2 Å². The Morgan fingerprint density at radius 3 is 2.94 bits per heavy atom. The molecule has 6 nitrogen and oxygen atoms in total. The van der Waals surface area contributed by atoms with Crippen LogP contribution < -0.4 is 10.9 Å². The van der Waals surface area contributed by atoms with Crippen LogP contribution >= 0.6 is 11.6 Å². The number of aryl methyl sites for hydroxylation is 1. The minimum atomic E-state index is -0.0763. The number of aromatic amines is 1. The number of hydrogen-bond donors (Lipinski definition) is 2. The molecule has 1 amide bonds. The Morgan fingerprint density at radius 1 is 1.27 bits per heavy atom. The molecular formula is C26H27ClN4O2. The molecule has 0 saturated heterocycles. The maximum atomic E-state index is 12.7. The van der Waals surface area contributed by atoms with Gasteiger partial charge in [0.15, 0.2) is 0 Å². The molecule has 2 aliphatic rings. The molecular weight excluding hydrogens is 436 g/mol. The number of fused-ring (bicyclic) bond motifs is 4. The second-order valence-corrected chi connectivity index (χ2v) is 9.39. The summed E-state index contributed by atoms with van der Waals surface area (Å²) in [5.41, 5.74) is 5.63. The maximum Gasteiger partial charge on any atom is 0.259 e. The van der Waals surface area contributed by atoms with Crippen molar-refractivity contribution in [2.24, 2.45) is 5.92 Å². The number of aromatic nitrogens is 2. The van der Waals surface area contributed by atoms with Crippen LogP contribution in [0.25, 0.3) is 17.0 Å². The number of carbonyl (C=O) groups is 1. The van der Waals surface area contributed by atoms with E-state index in [9.17, 15) is 9.59 Å². The summed E-state index contributed by atoms with van der Waals surface area (Å²) in [6, 6.07) is 10.1. The first-order chi connectivity index (χ1) is 15.9. The number of halogens is 1.